The van der Waals surface area contributed by atoms with E-state index in [-0.39, 0.29) is 0 Å². The maximum atomic E-state index is 5.66. The summed E-state index contributed by atoms with van der Waals surface area (Å²) in [6.45, 7) is 1.91. The van der Waals surface area contributed by atoms with E-state index in [2.05, 4.69) is 35.7 Å². The van der Waals surface area contributed by atoms with Crippen LogP contribution in [0.1, 0.15) is 30.7 Å². The van der Waals surface area contributed by atoms with Gasteiger partial charge in [0, 0.05) is 0 Å². The largest absolute Gasteiger partial charge is 0.493 e. The first-order chi connectivity index (χ1) is 8.42. The minimum Gasteiger partial charge on any atom is -0.493 e. The van der Waals surface area contributed by atoms with Crippen LogP contribution in [0.4, 0.5) is 0 Å². The average Bonchev–Trinajstić information content (AvgIpc) is 2.39. The predicted octanol–water partition coefficient (Wildman–Crippen LogP) is 3.11. The molecule has 1 atom stereocenters. The average molecular weight is 231 g/mol. The molecule has 17 heavy (non-hydrogen) atoms. The van der Waals surface area contributed by atoms with Gasteiger partial charge >= 0.3 is 0 Å². The van der Waals surface area contributed by atoms with Crippen molar-refractivity contribution in [2.45, 2.75) is 25.2 Å². The molecule has 1 aromatic rings. The number of hydrogen-bond acceptors (Lipinski definition) is 2. The number of ether oxygens (including phenoxy) is 1. The number of fused-ring (bicyclic) bond motifs is 1. The lowest BCUT2D eigenvalue weighted by atomic mass is 9.90. The second-order valence-corrected chi connectivity index (χ2v) is 4.47. The van der Waals surface area contributed by atoms with Crippen molar-refractivity contribution in [2.24, 2.45) is 0 Å². The summed E-state index contributed by atoms with van der Waals surface area (Å²) >= 11 is 0. The molecule has 1 heterocycles. The zero-order valence-electron chi connectivity index (χ0n) is 10.5. The van der Waals surface area contributed by atoms with Crippen molar-refractivity contribution in [1.82, 2.24) is 5.32 Å². The number of hydrogen-bond donors (Lipinski definition) is 1. The molecule has 1 aliphatic heterocycles. The van der Waals surface area contributed by atoms with Crippen LogP contribution in [0.5, 0.6) is 5.75 Å². The molecule has 1 unspecified atom stereocenters. The van der Waals surface area contributed by atoms with Gasteiger partial charge in [0.1, 0.15) is 5.75 Å². The summed E-state index contributed by atoms with van der Waals surface area (Å²) in [5.41, 5.74) is 1.37. The van der Waals surface area contributed by atoms with Crippen molar-refractivity contribution in [1.29, 1.82) is 0 Å². The molecule has 0 amide bonds. The summed E-state index contributed by atoms with van der Waals surface area (Å²) in [4.78, 5) is 0. The highest BCUT2D eigenvalue weighted by Gasteiger charge is 2.19. The third-order valence-electron chi connectivity index (χ3n) is 3.23. The van der Waals surface area contributed by atoms with E-state index in [9.17, 15) is 0 Å². The summed E-state index contributed by atoms with van der Waals surface area (Å²) in [7, 11) is 1.99. The summed E-state index contributed by atoms with van der Waals surface area (Å²) in [6, 6.07) is 8.42. The Hall–Kier alpha value is -1.28. The molecule has 0 aliphatic carbocycles. The fourth-order valence-electron chi connectivity index (χ4n) is 2.27. The molecule has 0 aromatic heterocycles. The standard InChI is InChI=1S/C15H21NO/c1-16-11-6-2-3-7-13-10-12-17-15-9-5-4-8-14(13)15/h2-5,8-9,13,16H,6-7,10-12H2,1H3/b3-2+. The van der Waals surface area contributed by atoms with Gasteiger partial charge in [0.15, 0.2) is 0 Å². The van der Waals surface area contributed by atoms with Gasteiger partial charge < -0.3 is 10.1 Å². The quantitative estimate of drug-likeness (QED) is 0.621. The minimum atomic E-state index is 0.630. The molecule has 0 spiro atoms. The van der Waals surface area contributed by atoms with Crippen molar-refractivity contribution < 1.29 is 4.74 Å². The molecular formula is C15H21NO. The van der Waals surface area contributed by atoms with Gasteiger partial charge in [0.05, 0.1) is 6.61 Å². The van der Waals surface area contributed by atoms with Crippen LogP contribution < -0.4 is 10.1 Å². The molecule has 2 heteroatoms. The van der Waals surface area contributed by atoms with Crippen molar-refractivity contribution in [3.8, 4) is 5.75 Å². The third-order valence-corrected chi connectivity index (χ3v) is 3.23. The summed E-state index contributed by atoms with van der Waals surface area (Å²) < 4.78 is 5.66. The number of nitrogens with one attached hydrogen (secondary N) is 1. The lowest BCUT2D eigenvalue weighted by Crippen LogP contribution is -2.13. The van der Waals surface area contributed by atoms with Gasteiger partial charge in [-0.2, -0.15) is 0 Å². The van der Waals surface area contributed by atoms with Crippen molar-refractivity contribution >= 4 is 0 Å². The maximum absolute atomic E-state index is 5.66. The molecule has 2 rings (SSSR count). The van der Waals surface area contributed by atoms with E-state index in [4.69, 9.17) is 4.74 Å². The minimum absolute atomic E-state index is 0.630. The number of benzene rings is 1. The van der Waals surface area contributed by atoms with Crippen LogP contribution in [0, 0.1) is 0 Å². The van der Waals surface area contributed by atoms with Crippen molar-refractivity contribution in [2.75, 3.05) is 20.2 Å². The molecule has 0 radical (unpaired) electrons. The fraction of sp³-hybridized carbons (Fsp3) is 0.467. The van der Waals surface area contributed by atoms with E-state index in [1.54, 1.807) is 0 Å². The normalized spacial score (nSPS) is 19.0. The summed E-state index contributed by atoms with van der Waals surface area (Å²) in [5, 5.41) is 3.15. The van der Waals surface area contributed by atoms with E-state index < -0.39 is 0 Å². The van der Waals surface area contributed by atoms with E-state index in [0.29, 0.717) is 5.92 Å². The van der Waals surface area contributed by atoms with Crippen LogP contribution in [0.2, 0.25) is 0 Å². The molecular weight excluding hydrogens is 210 g/mol. The second-order valence-electron chi connectivity index (χ2n) is 4.47. The monoisotopic (exact) mass is 231 g/mol. The van der Waals surface area contributed by atoms with Gasteiger partial charge in [0.25, 0.3) is 0 Å². The van der Waals surface area contributed by atoms with Crippen LogP contribution >= 0.6 is 0 Å². The SMILES string of the molecule is CNCC/C=C/CC1CCOc2ccccc21. The first-order valence-electron chi connectivity index (χ1n) is 6.43. The lowest BCUT2D eigenvalue weighted by molar-refractivity contribution is 0.267. The van der Waals surface area contributed by atoms with Crippen LogP contribution in [-0.2, 0) is 0 Å². The molecule has 2 nitrogen and oxygen atoms in total. The van der Waals surface area contributed by atoms with E-state index in [1.807, 2.05) is 13.1 Å². The topological polar surface area (TPSA) is 21.3 Å². The zero-order valence-corrected chi connectivity index (χ0v) is 10.5. The molecule has 0 fully saturated rings. The molecule has 1 aliphatic rings. The van der Waals surface area contributed by atoms with Crippen LogP contribution in [0.3, 0.4) is 0 Å². The summed E-state index contributed by atoms with van der Waals surface area (Å²) in [6.07, 6.45) is 7.96. The second kappa shape index (κ2) is 6.45. The van der Waals surface area contributed by atoms with Gasteiger partial charge in [-0.3, -0.25) is 0 Å². The third kappa shape index (κ3) is 3.34. The van der Waals surface area contributed by atoms with Crippen LogP contribution in [0.15, 0.2) is 36.4 Å². The number of rotatable bonds is 5. The summed E-state index contributed by atoms with van der Waals surface area (Å²) in [5.74, 6) is 1.71. The Bertz CT molecular complexity index is 373. The maximum Gasteiger partial charge on any atom is 0.122 e. The van der Waals surface area contributed by atoms with Crippen molar-refractivity contribution in [3.05, 3.63) is 42.0 Å². The Morgan fingerprint density at radius 2 is 2.24 bits per heavy atom. The number of allylic oxidation sites excluding steroid dienone is 1. The van der Waals surface area contributed by atoms with Gasteiger partial charge in [-0.15, -0.1) is 0 Å². The highest BCUT2D eigenvalue weighted by molar-refractivity contribution is 5.38. The first-order valence-corrected chi connectivity index (χ1v) is 6.43. The highest BCUT2D eigenvalue weighted by Crippen LogP contribution is 2.35. The Morgan fingerprint density at radius 3 is 3.12 bits per heavy atom. The van der Waals surface area contributed by atoms with Gasteiger partial charge in [-0.1, -0.05) is 30.4 Å². The Kier molecular flexibility index (Phi) is 4.63. The van der Waals surface area contributed by atoms with Gasteiger partial charge in [-0.05, 0) is 50.4 Å². The van der Waals surface area contributed by atoms with Crippen LogP contribution in [0.25, 0.3) is 0 Å². The molecule has 92 valence electrons. The Morgan fingerprint density at radius 1 is 1.35 bits per heavy atom. The molecule has 0 saturated heterocycles. The van der Waals surface area contributed by atoms with Gasteiger partial charge in [0.2, 0.25) is 0 Å². The van der Waals surface area contributed by atoms with Crippen molar-refractivity contribution in [3.63, 3.8) is 0 Å². The predicted molar refractivity (Wildman–Crippen MR) is 71.6 cm³/mol. The molecule has 0 saturated carbocycles. The smallest absolute Gasteiger partial charge is 0.122 e. The molecule has 0 bridgehead atoms. The Balaban J connectivity index is 1.92. The fourth-order valence-corrected chi connectivity index (χ4v) is 2.27. The van der Waals surface area contributed by atoms with E-state index in [1.165, 1.54) is 5.56 Å². The van der Waals surface area contributed by atoms with E-state index >= 15 is 0 Å². The molecule has 1 aromatic carbocycles. The first kappa shape index (κ1) is 12.2. The lowest BCUT2D eigenvalue weighted by Gasteiger charge is -2.24. The zero-order chi connectivity index (χ0) is 11.9. The van der Waals surface area contributed by atoms with Crippen LogP contribution in [-0.4, -0.2) is 20.2 Å². The van der Waals surface area contributed by atoms with E-state index in [0.717, 1.165) is 38.2 Å². The Labute approximate surface area is 104 Å². The highest BCUT2D eigenvalue weighted by atomic mass is 16.5. The number of para-hydroxylation sites is 1. The molecule has 1 N–H and O–H groups in total. The van der Waals surface area contributed by atoms with Gasteiger partial charge in [-0.25, -0.2) is 0 Å².